The molecule has 8 nitrogen and oxygen atoms in total. The van der Waals surface area contributed by atoms with Gasteiger partial charge in [-0.1, -0.05) is 0 Å². The van der Waals surface area contributed by atoms with Crippen LogP contribution in [0.5, 0.6) is 0 Å². The predicted octanol–water partition coefficient (Wildman–Crippen LogP) is 0.932. The molecule has 0 aliphatic heterocycles. The molecule has 1 heterocycles. The van der Waals surface area contributed by atoms with E-state index in [1.54, 1.807) is 7.05 Å². The number of carbonyl (C=O) groups excluding carboxylic acids is 1. The number of hydrogen-bond acceptors (Lipinski definition) is 4. The predicted molar refractivity (Wildman–Crippen MR) is 72.0 cm³/mol. The molecule has 0 saturated carbocycles. The number of nitrogens with zero attached hydrogens (tertiary/aromatic N) is 4. The van der Waals surface area contributed by atoms with E-state index in [9.17, 15) is 9.59 Å². The van der Waals surface area contributed by atoms with Gasteiger partial charge in [0.25, 0.3) is 0 Å². The van der Waals surface area contributed by atoms with Crippen molar-refractivity contribution < 1.29 is 14.7 Å². The third-order valence-electron chi connectivity index (χ3n) is 2.77. The molecular formula is C12H21N5O3. The second-order valence-corrected chi connectivity index (χ2v) is 5.54. The van der Waals surface area contributed by atoms with E-state index >= 15 is 0 Å². The average molecular weight is 283 g/mol. The van der Waals surface area contributed by atoms with E-state index in [0.29, 0.717) is 12.4 Å². The number of carbonyl (C=O) groups is 2. The number of carboxylic acid groups (broad SMARTS) is 1. The van der Waals surface area contributed by atoms with E-state index in [0.717, 1.165) is 0 Å². The minimum absolute atomic E-state index is 0.0842. The molecule has 0 aliphatic rings. The fourth-order valence-corrected chi connectivity index (χ4v) is 1.73. The van der Waals surface area contributed by atoms with Gasteiger partial charge in [-0.3, -0.25) is 9.89 Å². The summed E-state index contributed by atoms with van der Waals surface area (Å²) in [7, 11) is 1.64. The Kier molecular flexibility index (Phi) is 5.06. The van der Waals surface area contributed by atoms with Crippen molar-refractivity contribution in [1.29, 1.82) is 0 Å². The molecule has 0 fully saturated rings. The Morgan fingerprint density at radius 1 is 1.40 bits per heavy atom. The number of aromatic nitrogens is 3. The molecule has 1 aromatic heterocycles. The average Bonchev–Trinajstić information content (AvgIpc) is 2.79. The van der Waals surface area contributed by atoms with Gasteiger partial charge in [0.1, 0.15) is 12.2 Å². The van der Waals surface area contributed by atoms with Gasteiger partial charge >= 0.3 is 12.0 Å². The highest BCUT2D eigenvalue weighted by atomic mass is 16.4. The number of carboxylic acids is 1. The number of hydrogen-bond donors (Lipinski definition) is 2. The number of H-pyrrole nitrogens is 1. The lowest BCUT2D eigenvalue weighted by Crippen LogP contribution is -2.51. The smallest absolute Gasteiger partial charge is 0.320 e. The van der Waals surface area contributed by atoms with Crippen LogP contribution in [0.2, 0.25) is 0 Å². The first-order chi connectivity index (χ1) is 9.21. The SMILES string of the molecule is CN(Cc1ncn[nH]1)C(=O)N(CCC(=O)O)C(C)(C)C. The zero-order valence-corrected chi connectivity index (χ0v) is 12.3. The molecule has 1 aromatic rings. The van der Waals surface area contributed by atoms with Crippen LogP contribution in [0.1, 0.15) is 33.0 Å². The summed E-state index contributed by atoms with van der Waals surface area (Å²) in [6.45, 7) is 6.07. The highest BCUT2D eigenvalue weighted by molar-refractivity contribution is 5.76. The third kappa shape index (κ3) is 4.52. The summed E-state index contributed by atoms with van der Waals surface area (Å²) >= 11 is 0. The summed E-state index contributed by atoms with van der Waals surface area (Å²) in [5.74, 6) is -0.349. The zero-order chi connectivity index (χ0) is 15.3. The van der Waals surface area contributed by atoms with Crippen molar-refractivity contribution in [2.45, 2.75) is 39.3 Å². The molecule has 2 N–H and O–H groups in total. The minimum Gasteiger partial charge on any atom is -0.481 e. The number of aromatic amines is 1. The van der Waals surface area contributed by atoms with Crippen molar-refractivity contribution in [3.8, 4) is 0 Å². The molecule has 0 unspecified atom stereocenters. The number of nitrogens with one attached hydrogen (secondary N) is 1. The fourth-order valence-electron chi connectivity index (χ4n) is 1.73. The van der Waals surface area contributed by atoms with Gasteiger partial charge in [-0.15, -0.1) is 0 Å². The van der Waals surface area contributed by atoms with Crippen LogP contribution < -0.4 is 0 Å². The summed E-state index contributed by atoms with van der Waals surface area (Å²) in [4.78, 5) is 30.1. The van der Waals surface area contributed by atoms with E-state index in [1.807, 2.05) is 20.8 Å². The highest BCUT2D eigenvalue weighted by Gasteiger charge is 2.29. The van der Waals surface area contributed by atoms with Crippen LogP contribution in [-0.4, -0.2) is 61.2 Å². The molecular weight excluding hydrogens is 262 g/mol. The van der Waals surface area contributed by atoms with Crippen LogP contribution in [-0.2, 0) is 11.3 Å². The Labute approximate surface area is 117 Å². The largest absolute Gasteiger partial charge is 0.481 e. The maximum Gasteiger partial charge on any atom is 0.320 e. The first kappa shape index (κ1) is 15.9. The third-order valence-corrected chi connectivity index (χ3v) is 2.77. The van der Waals surface area contributed by atoms with Crippen molar-refractivity contribution in [3.63, 3.8) is 0 Å². The van der Waals surface area contributed by atoms with Gasteiger partial charge < -0.3 is 14.9 Å². The van der Waals surface area contributed by atoms with Gasteiger partial charge in [0.05, 0.1) is 13.0 Å². The first-order valence-electron chi connectivity index (χ1n) is 6.30. The molecule has 0 aromatic carbocycles. The van der Waals surface area contributed by atoms with E-state index < -0.39 is 11.5 Å². The molecule has 0 aliphatic carbocycles. The second kappa shape index (κ2) is 6.36. The normalized spacial score (nSPS) is 11.2. The summed E-state index contributed by atoms with van der Waals surface area (Å²) in [6, 6.07) is -0.241. The molecule has 1 rings (SSSR count). The fraction of sp³-hybridized carbons (Fsp3) is 0.667. The van der Waals surface area contributed by atoms with Gasteiger partial charge in [0, 0.05) is 19.1 Å². The van der Waals surface area contributed by atoms with Crippen molar-refractivity contribution in [3.05, 3.63) is 12.2 Å². The minimum atomic E-state index is -0.926. The van der Waals surface area contributed by atoms with Crippen LogP contribution in [0, 0.1) is 0 Å². The lowest BCUT2D eigenvalue weighted by Gasteiger charge is -2.37. The van der Waals surface area contributed by atoms with Gasteiger partial charge in [-0.05, 0) is 20.8 Å². The summed E-state index contributed by atoms with van der Waals surface area (Å²) in [5, 5.41) is 15.2. The Morgan fingerprint density at radius 3 is 2.50 bits per heavy atom. The van der Waals surface area contributed by atoms with Gasteiger partial charge in [0.2, 0.25) is 0 Å². The summed E-state index contributed by atoms with van der Waals surface area (Å²) in [5.41, 5.74) is -0.456. The molecule has 2 amide bonds. The zero-order valence-electron chi connectivity index (χ0n) is 12.3. The molecule has 112 valence electrons. The number of rotatable bonds is 5. The number of amides is 2. The number of aliphatic carboxylic acids is 1. The van der Waals surface area contributed by atoms with Crippen molar-refractivity contribution in [1.82, 2.24) is 25.0 Å². The Morgan fingerprint density at radius 2 is 2.05 bits per heavy atom. The summed E-state index contributed by atoms with van der Waals surface area (Å²) < 4.78 is 0. The van der Waals surface area contributed by atoms with Crippen LogP contribution in [0.4, 0.5) is 4.79 Å². The van der Waals surface area contributed by atoms with Gasteiger partial charge in [-0.25, -0.2) is 9.78 Å². The molecule has 0 radical (unpaired) electrons. The van der Waals surface area contributed by atoms with Crippen LogP contribution >= 0.6 is 0 Å². The van der Waals surface area contributed by atoms with Crippen LogP contribution in [0.3, 0.4) is 0 Å². The maximum atomic E-state index is 12.4. The first-order valence-corrected chi connectivity index (χ1v) is 6.30. The van der Waals surface area contributed by atoms with Gasteiger partial charge in [0.15, 0.2) is 0 Å². The molecule has 0 bridgehead atoms. The van der Waals surface area contributed by atoms with E-state index in [2.05, 4.69) is 15.2 Å². The maximum absolute atomic E-state index is 12.4. The van der Waals surface area contributed by atoms with Crippen LogP contribution in [0.15, 0.2) is 6.33 Å². The standard InChI is InChI=1S/C12H21N5O3/c1-12(2,3)17(6-5-10(18)19)11(20)16(4)7-9-13-8-14-15-9/h8H,5-7H2,1-4H3,(H,18,19)(H,13,14,15). The quantitative estimate of drug-likeness (QED) is 0.837. The Hall–Kier alpha value is -2.12. The van der Waals surface area contributed by atoms with E-state index in [1.165, 1.54) is 16.1 Å². The molecule has 0 saturated heterocycles. The highest BCUT2D eigenvalue weighted by Crippen LogP contribution is 2.16. The molecule has 20 heavy (non-hydrogen) atoms. The second-order valence-electron chi connectivity index (χ2n) is 5.54. The van der Waals surface area contributed by atoms with Crippen molar-refractivity contribution in [2.75, 3.05) is 13.6 Å². The lowest BCUT2D eigenvalue weighted by atomic mass is 10.1. The van der Waals surface area contributed by atoms with Crippen LogP contribution in [0.25, 0.3) is 0 Å². The van der Waals surface area contributed by atoms with E-state index in [-0.39, 0.29) is 19.0 Å². The van der Waals surface area contributed by atoms with E-state index in [4.69, 9.17) is 5.11 Å². The molecule has 0 atom stereocenters. The lowest BCUT2D eigenvalue weighted by molar-refractivity contribution is -0.137. The molecule has 0 spiro atoms. The summed E-state index contributed by atoms with van der Waals surface area (Å²) in [6.07, 6.45) is 1.29. The van der Waals surface area contributed by atoms with Gasteiger partial charge in [-0.2, -0.15) is 5.10 Å². The Bertz CT molecular complexity index is 452. The monoisotopic (exact) mass is 283 g/mol. The van der Waals surface area contributed by atoms with Crippen molar-refractivity contribution in [2.24, 2.45) is 0 Å². The Balaban J connectivity index is 2.73. The molecule has 8 heteroatoms. The topological polar surface area (TPSA) is 102 Å². The van der Waals surface area contributed by atoms with Crippen molar-refractivity contribution >= 4 is 12.0 Å². The number of urea groups is 1.